The highest BCUT2D eigenvalue weighted by molar-refractivity contribution is 5.69. The number of allylic oxidation sites excluding steroid dienone is 2. The average molecular weight is 343 g/mol. The lowest BCUT2D eigenvalue weighted by atomic mass is 10.1. The Morgan fingerprint density at radius 1 is 0.875 bits per heavy atom. The molecule has 0 aromatic carbocycles. The van der Waals surface area contributed by atoms with Gasteiger partial charge in [-0.2, -0.15) is 0 Å². The highest BCUT2D eigenvalue weighted by Crippen LogP contribution is 2.10. The van der Waals surface area contributed by atoms with Gasteiger partial charge in [0.25, 0.3) is 0 Å². The van der Waals surface area contributed by atoms with Gasteiger partial charge in [0.1, 0.15) is 0 Å². The maximum absolute atomic E-state index is 11.3. The van der Waals surface area contributed by atoms with Gasteiger partial charge in [-0.05, 0) is 32.1 Å². The predicted octanol–water partition coefficient (Wildman–Crippen LogP) is 5.49. The molecule has 0 bridgehead atoms. The van der Waals surface area contributed by atoms with Crippen LogP contribution in [0.3, 0.4) is 0 Å². The van der Waals surface area contributed by atoms with E-state index in [2.05, 4.69) is 28.5 Å². The van der Waals surface area contributed by atoms with E-state index in [4.69, 9.17) is 5.11 Å². The SMILES string of the molecule is CCCCCCCC/C=C\CCCCCCCC(=O)OC(O)OC. The quantitative estimate of drug-likeness (QED) is 0.164. The first-order valence-electron chi connectivity index (χ1n) is 9.76. The van der Waals surface area contributed by atoms with Gasteiger partial charge in [-0.25, -0.2) is 0 Å². The van der Waals surface area contributed by atoms with Crippen LogP contribution in [0.5, 0.6) is 0 Å². The Morgan fingerprint density at radius 2 is 1.38 bits per heavy atom. The first-order valence-corrected chi connectivity index (χ1v) is 9.76. The van der Waals surface area contributed by atoms with E-state index < -0.39 is 12.4 Å². The molecule has 0 fully saturated rings. The molecule has 0 heterocycles. The van der Waals surface area contributed by atoms with Crippen molar-refractivity contribution in [1.82, 2.24) is 0 Å². The smallest absolute Gasteiger partial charge is 0.315 e. The molecular formula is C20H38O4. The van der Waals surface area contributed by atoms with E-state index >= 15 is 0 Å². The van der Waals surface area contributed by atoms with Crippen LogP contribution in [0.4, 0.5) is 0 Å². The van der Waals surface area contributed by atoms with E-state index in [1.54, 1.807) is 0 Å². The summed E-state index contributed by atoms with van der Waals surface area (Å²) in [5.74, 6) is -0.401. The molecule has 0 rings (SSSR count). The van der Waals surface area contributed by atoms with Crippen LogP contribution in [-0.2, 0) is 14.3 Å². The van der Waals surface area contributed by atoms with Crippen molar-refractivity contribution in [3.63, 3.8) is 0 Å². The maximum Gasteiger partial charge on any atom is 0.315 e. The van der Waals surface area contributed by atoms with E-state index in [9.17, 15) is 4.79 Å². The van der Waals surface area contributed by atoms with Crippen molar-refractivity contribution < 1.29 is 19.4 Å². The lowest BCUT2D eigenvalue weighted by Crippen LogP contribution is -2.18. The summed E-state index contributed by atoms with van der Waals surface area (Å²) >= 11 is 0. The van der Waals surface area contributed by atoms with Gasteiger partial charge in [0.2, 0.25) is 0 Å². The number of unbranched alkanes of at least 4 members (excludes halogenated alkanes) is 11. The van der Waals surface area contributed by atoms with E-state index in [-0.39, 0.29) is 0 Å². The minimum atomic E-state index is -1.43. The fourth-order valence-electron chi connectivity index (χ4n) is 2.56. The highest BCUT2D eigenvalue weighted by atomic mass is 16.8. The van der Waals surface area contributed by atoms with Crippen molar-refractivity contribution in [1.29, 1.82) is 0 Å². The fraction of sp³-hybridized carbons (Fsp3) is 0.850. The zero-order valence-corrected chi connectivity index (χ0v) is 15.8. The third kappa shape index (κ3) is 17.5. The standard InChI is InChI=1S/C20H38O4/c1-3-4-5-6-7-8-9-10-11-12-13-14-15-16-17-18-19(21)24-20(22)23-2/h10-11,20,22H,3-9,12-18H2,1-2H3/b11-10-. The summed E-state index contributed by atoms with van der Waals surface area (Å²) in [5.41, 5.74) is 0. The fourth-order valence-corrected chi connectivity index (χ4v) is 2.56. The van der Waals surface area contributed by atoms with Crippen LogP contribution in [0.15, 0.2) is 12.2 Å². The van der Waals surface area contributed by atoms with E-state index in [1.807, 2.05) is 0 Å². The normalized spacial score (nSPS) is 12.6. The van der Waals surface area contributed by atoms with Crippen LogP contribution in [0.25, 0.3) is 0 Å². The van der Waals surface area contributed by atoms with Crippen LogP contribution < -0.4 is 0 Å². The first-order chi connectivity index (χ1) is 11.7. The minimum absolute atomic E-state index is 0.346. The summed E-state index contributed by atoms with van der Waals surface area (Å²) in [6.07, 6.45) is 21.0. The van der Waals surface area contributed by atoms with Gasteiger partial charge in [-0.1, -0.05) is 70.4 Å². The van der Waals surface area contributed by atoms with Gasteiger partial charge in [-0.3, -0.25) is 4.79 Å². The maximum atomic E-state index is 11.3. The number of aliphatic hydroxyl groups excluding tert-OH is 1. The average Bonchev–Trinajstić information content (AvgIpc) is 2.58. The molecule has 0 aromatic heterocycles. The molecule has 0 spiro atoms. The van der Waals surface area contributed by atoms with E-state index in [1.165, 1.54) is 64.9 Å². The molecule has 24 heavy (non-hydrogen) atoms. The Morgan fingerprint density at radius 3 is 1.92 bits per heavy atom. The van der Waals surface area contributed by atoms with E-state index in [0.717, 1.165) is 25.7 Å². The van der Waals surface area contributed by atoms with Gasteiger partial charge in [-0.15, -0.1) is 0 Å². The molecule has 0 amide bonds. The molecule has 4 heteroatoms. The lowest BCUT2D eigenvalue weighted by molar-refractivity contribution is -0.242. The molecule has 1 N–H and O–H groups in total. The van der Waals surface area contributed by atoms with Crippen molar-refractivity contribution in [3.05, 3.63) is 12.2 Å². The number of hydrogen-bond donors (Lipinski definition) is 1. The van der Waals surface area contributed by atoms with Gasteiger partial charge >= 0.3 is 12.4 Å². The zero-order valence-electron chi connectivity index (χ0n) is 15.8. The second kappa shape index (κ2) is 18.5. The van der Waals surface area contributed by atoms with Crippen LogP contribution in [0, 0.1) is 0 Å². The van der Waals surface area contributed by atoms with Crippen LogP contribution >= 0.6 is 0 Å². The van der Waals surface area contributed by atoms with E-state index in [0.29, 0.717) is 6.42 Å². The number of carbonyl (C=O) groups excluding carboxylic acids is 1. The van der Waals surface area contributed by atoms with Crippen LogP contribution in [0.2, 0.25) is 0 Å². The lowest BCUT2D eigenvalue weighted by Gasteiger charge is -2.09. The molecule has 0 aromatic rings. The van der Waals surface area contributed by atoms with Crippen molar-refractivity contribution in [2.45, 2.75) is 103 Å². The Bertz CT molecular complexity index is 302. The third-order valence-electron chi connectivity index (χ3n) is 4.08. The third-order valence-corrected chi connectivity index (χ3v) is 4.08. The van der Waals surface area contributed by atoms with Gasteiger partial charge in [0.15, 0.2) is 0 Å². The molecule has 1 atom stereocenters. The highest BCUT2D eigenvalue weighted by Gasteiger charge is 2.08. The Kier molecular flexibility index (Phi) is 17.8. The molecule has 4 nitrogen and oxygen atoms in total. The van der Waals surface area contributed by atoms with Crippen molar-refractivity contribution in [2.75, 3.05) is 7.11 Å². The molecule has 0 saturated heterocycles. The molecule has 0 aliphatic carbocycles. The number of carbonyl (C=O) groups is 1. The monoisotopic (exact) mass is 342 g/mol. The Hall–Kier alpha value is -0.870. The predicted molar refractivity (Wildman–Crippen MR) is 98.6 cm³/mol. The van der Waals surface area contributed by atoms with Crippen LogP contribution in [0.1, 0.15) is 96.8 Å². The van der Waals surface area contributed by atoms with Gasteiger partial charge in [0.05, 0.1) is 0 Å². The summed E-state index contributed by atoms with van der Waals surface area (Å²) in [6, 6.07) is 0. The zero-order chi connectivity index (χ0) is 17.9. The Labute approximate surface area is 148 Å². The van der Waals surface area contributed by atoms with Gasteiger partial charge in [0, 0.05) is 13.5 Å². The van der Waals surface area contributed by atoms with Crippen molar-refractivity contribution in [2.24, 2.45) is 0 Å². The second-order valence-corrected chi connectivity index (χ2v) is 6.37. The van der Waals surface area contributed by atoms with Crippen molar-refractivity contribution >= 4 is 5.97 Å². The molecule has 142 valence electrons. The summed E-state index contributed by atoms with van der Waals surface area (Å²) in [7, 11) is 1.29. The van der Waals surface area contributed by atoms with Crippen molar-refractivity contribution in [3.8, 4) is 0 Å². The molecule has 0 saturated carbocycles. The number of ether oxygens (including phenoxy) is 2. The number of esters is 1. The van der Waals surface area contributed by atoms with Crippen LogP contribution in [-0.4, -0.2) is 24.7 Å². The largest absolute Gasteiger partial charge is 0.410 e. The minimum Gasteiger partial charge on any atom is -0.410 e. The molecule has 0 aliphatic heterocycles. The molecule has 1 unspecified atom stereocenters. The number of methoxy groups -OCH3 is 1. The number of aliphatic hydroxyl groups is 1. The summed E-state index contributed by atoms with van der Waals surface area (Å²) in [4.78, 5) is 11.3. The second-order valence-electron chi connectivity index (χ2n) is 6.37. The first kappa shape index (κ1) is 23.1. The molecule has 0 aliphatic rings. The summed E-state index contributed by atoms with van der Waals surface area (Å²) in [5, 5.41) is 8.98. The number of hydrogen-bond acceptors (Lipinski definition) is 4. The number of rotatable bonds is 17. The topological polar surface area (TPSA) is 55.8 Å². The Balaban J connectivity index is 3.22. The van der Waals surface area contributed by atoms with Gasteiger partial charge < -0.3 is 14.6 Å². The summed E-state index contributed by atoms with van der Waals surface area (Å²) in [6.45, 7) is 0.825. The molecule has 0 radical (unpaired) electrons. The summed E-state index contributed by atoms with van der Waals surface area (Å²) < 4.78 is 9.06. The molecular weight excluding hydrogens is 304 g/mol.